The normalized spacial score (nSPS) is 10.9. The van der Waals surface area contributed by atoms with Gasteiger partial charge >= 0.3 is 0 Å². The summed E-state index contributed by atoms with van der Waals surface area (Å²) in [5.74, 6) is 0.674. The van der Waals surface area contributed by atoms with Crippen LogP contribution in [0.3, 0.4) is 0 Å². The molecule has 1 aromatic rings. The molecule has 0 spiro atoms. The second-order valence-electron chi connectivity index (χ2n) is 2.83. The number of hydrogen-bond acceptors (Lipinski definition) is 1. The monoisotopic (exact) mass is 195 g/mol. The van der Waals surface area contributed by atoms with Crippen LogP contribution in [0, 0.1) is 0 Å². The standard InChI is InChI=1S/C11H14ClN/c12-7-2-1-4-10-5-3-6-11(8-10)9-13/h1,3-6,8H,2,7,9,13H2. The maximum Gasteiger partial charge on any atom is 0.0258 e. The number of rotatable bonds is 4. The van der Waals surface area contributed by atoms with Crippen molar-refractivity contribution in [2.45, 2.75) is 13.0 Å². The third-order valence-electron chi connectivity index (χ3n) is 1.77. The van der Waals surface area contributed by atoms with E-state index in [1.807, 2.05) is 12.1 Å². The van der Waals surface area contributed by atoms with Crippen molar-refractivity contribution >= 4 is 17.7 Å². The summed E-state index contributed by atoms with van der Waals surface area (Å²) in [6.07, 6.45) is 5.05. The third kappa shape index (κ3) is 3.62. The molecule has 1 nitrogen and oxygen atoms in total. The van der Waals surface area contributed by atoms with E-state index in [4.69, 9.17) is 17.3 Å². The Hall–Kier alpha value is -0.790. The van der Waals surface area contributed by atoms with Gasteiger partial charge in [0.2, 0.25) is 0 Å². The topological polar surface area (TPSA) is 26.0 Å². The van der Waals surface area contributed by atoms with Gasteiger partial charge in [-0.2, -0.15) is 0 Å². The molecule has 0 saturated heterocycles. The van der Waals surface area contributed by atoms with E-state index in [1.54, 1.807) is 0 Å². The average Bonchev–Trinajstić information content (AvgIpc) is 2.19. The van der Waals surface area contributed by atoms with E-state index >= 15 is 0 Å². The number of alkyl halides is 1. The SMILES string of the molecule is NCc1cccc(C=CCCCl)c1. The summed E-state index contributed by atoms with van der Waals surface area (Å²) in [6, 6.07) is 8.19. The summed E-state index contributed by atoms with van der Waals surface area (Å²) in [5, 5.41) is 0. The van der Waals surface area contributed by atoms with Gasteiger partial charge in [0.15, 0.2) is 0 Å². The largest absolute Gasteiger partial charge is 0.326 e. The molecule has 0 radical (unpaired) electrons. The lowest BCUT2D eigenvalue weighted by Crippen LogP contribution is -1.95. The minimum Gasteiger partial charge on any atom is -0.326 e. The fraction of sp³-hybridized carbons (Fsp3) is 0.273. The Morgan fingerprint density at radius 1 is 1.38 bits per heavy atom. The Labute approximate surface area is 84.2 Å². The lowest BCUT2D eigenvalue weighted by Gasteiger charge is -1.97. The Balaban J connectivity index is 2.66. The van der Waals surface area contributed by atoms with E-state index < -0.39 is 0 Å². The van der Waals surface area contributed by atoms with Gasteiger partial charge in [0.1, 0.15) is 0 Å². The van der Waals surface area contributed by atoms with Crippen LogP contribution in [0.5, 0.6) is 0 Å². The number of halogens is 1. The predicted molar refractivity (Wildman–Crippen MR) is 58.7 cm³/mol. The zero-order valence-electron chi connectivity index (χ0n) is 7.54. The molecule has 13 heavy (non-hydrogen) atoms. The van der Waals surface area contributed by atoms with E-state index in [9.17, 15) is 0 Å². The van der Waals surface area contributed by atoms with Gasteiger partial charge in [0.25, 0.3) is 0 Å². The van der Waals surface area contributed by atoms with Crippen LogP contribution in [0.2, 0.25) is 0 Å². The Bertz CT molecular complexity index is 281. The zero-order chi connectivity index (χ0) is 9.52. The van der Waals surface area contributed by atoms with Crippen LogP contribution in [-0.2, 0) is 6.54 Å². The smallest absolute Gasteiger partial charge is 0.0258 e. The van der Waals surface area contributed by atoms with Crippen LogP contribution in [0.15, 0.2) is 30.3 Å². The second-order valence-corrected chi connectivity index (χ2v) is 3.21. The summed E-state index contributed by atoms with van der Waals surface area (Å²) >= 11 is 5.56. The van der Waals surface area contributed by atoms with Crippen molar-refractivity contribution in [1.29, 1.82) is 0 Å². The molecular weight excluding hydrogens is 182 g/mol. The fourth-order valence-electron chi connectivity index (χ4n) is 1.11. The summed E-state index contributed by atoms with van der Waals surface area (Å²) < 4.78 is 0. The zero-order valence-corrected chi connectivity index (χ0v) is 8.30. The van der Waals surface area contributed by atoms with Crippen molar-refractivity contribution in [2.75, 3.05) is 5.88 Å². The van der Waals surface area contributed by atoms with Gasteiger partial charge in [-0.15, -0.1) is 11.6 Å². The molecule has 0 fully saturated rings. The minimum absolute atomic E-state index is 0.594. The molecule has 1 aromatic carbocycles. The first-order chi connectivity index (χ1) is 6.36. The molecule has 0 saturated carbocycles. The maximum atomic E-state index is 5.56. The Kier molecular flexibility index (Phi) is 4.58. The lowest BCUT2D eigenvalue weighted by molar-refractivity contribution is 1.07. The van der Waals surface area contributed by atoms with Gasteiger partial charge in [-0.1, -0.05) is 36.4 Å². The lowest BCUT2D eigenvalue weighted by atomic mass is 10.1. The van der Waals surface area contributed by atoms with E-state index in [0.717, 1.165) is 12.0 Å². The van der Waals surface area contributed by atoms with E-state index in [0.29, 0.717) is 12.4 Å². The number of allylic oxidation sites excluding steroid dienone is 1. The van der Waals surface area contributed by atoms with Gasteiger partial charge in [0, 0.05) is 12.4 Å². The van der Waals surface area contributed by atoms with Gasteiger partial charge < -0.3 is 5.73 Å². The van der Waals surface area contributed by atoms with Crippen LogP contribution in [-0.4, -0.2) is 5.88 Å². The highest BCUT2D eigenvalue weighted by atomic mass is 35.5. The van der Waals surface area contributed by atoms with E-state index in [2.05, 4.69) is 24.3 Å². The molecule has 0 aliphatic rings. The van der Waals surface area contributed by atoms with Gasteiger partial charge in [-0.3, -0.25) is 0 Å². The Morgan fingerprint density at radius 2 is 2.23 bits per heavy atom. The van der Waals surface area contributed by atoms with Crippen LogP contribution < -0.4 is 5.73 Å². The molecule has 0 heterocycles. The molecule has 0 aliphatic carbocycles. The first-order valence-corrected chi connectivity index (χ1v) is 4.92. The Morgan fingerprint density at radius 3 is 2.92 bits per heavy atom. The van der Waals surface area contributed by atoms with Gasteiger partial charge in [-0.05, 0) is 17.5 Å². The van der Waals surface area contributed by atoms with Crippen molar-refractivity contribution in [3.05, 3.63) is 41.5 Å². The first-order valence-electron chi connectivity index (χ1n) is 4.38. The first kappa shape index (κ1) is 10.3. The molecule has 0 aromatic heterocycles. The highest BCUT2D eigenvalue weighted by molar-refractivity contribution is 6.17. The van der Waals surface area contributed by atoms with Crippen LogP contribution in [0.1, 0.15) is 17.5 Å². The van der Waals surface area contributed by atoms with Crippen LogP contribution in [0.25, 0.3) is 6.08 Å². The quantitative estimate of drug-likeness (QED) is 0.735. The van der Waals surface area contributed by atoms with Crippen molar-refractivity contribution in [1.82, 2.24) is 0 Å². The van der Waals surface area contributed by atoms with E-state index in [1.165, 1.54) is 5.56 Å². The maximum absolute atomic E-state index is 5.56. The van der Waals surface area contributed by atoms with Crippen molar-refractivity contribution in [3.63, 3.8) is 0 Å². The third-order valence-corrected chi connectivity index (χ3v) is 1.99. The van der Waals surface area contributed by atoms with Crippen LogP contribution >= 0.6 is 11.6 Å². The molecule has 0 unspecified atom stereocenters. The average molecular weight is 196 g/mol. The van der Waals surface area contributed by atoms with Crippen molar-refractivity contribution in [2.24, 2.45) is 5.73 Å². The van der Waals surface area contributed by atoms with E-state index in [-0.39, 0.29) is 0 Å². The predicted octanol–water partition coefficient (Wildman–Crippen LogP) is 2.79. The molecule has 0 amide bonds. The number of nitrogens with two attached hydrogens (primary N) is 1. The molecule has 0 bridgehead atoms. The molecule has 0 atom stereocenters. The summed E-state index contributed by atoms with van der Waals surface area (Å²) in [5.41, 5.74) is 7.88. The van der Waals surface area contributed by atoms with Gasteiger partial charge in [-0.25, -0.2) is 0 Å². The second kappa shape index (κ2) is 5.79. The number of hydrogen-bond donors (Lipinski definition) is 1. The molecule has 2 N–H and O–H groups in total. The van der Waals surface area contributed by atoms with Gasteiger partial charge in [0.05, 0.1) is 0 Å². The molecular formula is C11H14ClN. The summed E-state index contributed by atoms with van der Waals surface area (Å²) in [7, 11) is 0. The summed E-state index contributed by atoms with van der Waals surface area (Å²) in [4.78, 5) is 0. The van der Waals surface area contributed by atoms with Crippen molar-refractivity contribution in [3.8, 4) is 0 Å². The molecule has 2 heteroatoms. The fourth-order valence-corrected chi connectivity index (χ4v) is 1.23. The highest BCUT2D eigenvalue weighted by Crippen LogP contribution is 2.06. The minimum atomic E-state index is 0.594. The molecule has 70 valence electrons. The molecule has 1 rings (SSSR count). The number of benzene rings is 1. The van der Waals surface area contributed by atoms with Crippen LogP contribution in [0.4, 0.5) is 0 Å². The highest BCUT2D eigenvalue weighted by Gasteiger charge is 1.89. The van der Waals surface area contributed by atoms with Crippen molar-refractivity contribution < 1.29 is 0 Å². The summed E-state index contributed by atoms with van der Waals surface area (Å²) in [6.45, 7) is 0.594. The molecule has 0 aliphatic heterocycles.